The summed E-state index contributed by atoms with van der Waals surface area (Å²) in [4.78, 5) is 0. The molecule has 2 rings (SSSR count). The highest BCUT2D eigenvalue weighted by Crippen LogP contribution is 2.37. The maximum absolute atomic E-state index is 11.9. The van der Waals surface area contributed by atoms with E-state index >= 15 is 0 Å². The summed E-state index contributed by atoms with van der Waals surface area (Å²) in [5, 5.41) is 10.8. The van der Waals surface area contributed by atoms with Gasteiger partial charge in [-0.1, -0.05) is 0 Å². The van der Waals surface area contributed by atoms with Gasteiger partial charge in [-0.3, -0.25) is 0 Å². The number of hydrogen-bond donors (Lipinski definition) is 2. The summed E-state index contributed by atoms with van der Waals surface area (Å²) in [6, 6.07) is 1.69. The van der Waals surface area contributed by atoms with E-state index in [4.69, 9.17) is 5.11 Å². The minimum atomic E-state index is -3.49. The molecule has 1 saturated carbocycles. The largest absolute Gasteiger partial charge is 0.394 e. The average molecular weight is 312 g/mol. The minimum Gasteiger partial charge on any atom is -0.394 e. The molecule has 1 aliphatic carbocycles. The summed E-state index contributed by atoms with van der Waals surface area (Å²) in [5.41, 5.74) is -0.609. The molecule has 0 atom stereocenters. The fourth-order valence-electron chi connectivity index (χ4n) is 1.25. The van der Waals surface area contributed by atoms with Gasteiger partial charge in [0.1, 0.15) is 4.21 Å². The van der Waals surface area contributed by atoms with Gasteiger partial charge in [-0.2, -0.15) is 0 Å². The van der Waals surface area contributed by atoms with Crippen molar-refractivity contribution >= 4 is 37.3 Å². The number of hydrogen-bond acceptors (Lipinski definition) is 4. The molecule has 7 heteroatoms. The maximum atomic E-state index is 11.9. The minimum absolute atomic E-state index is 0.144. The van der Waals surface area contributed by atoms with Gasteiger partial charge in [-0.25, -0.2) is 13.1 Å². The Labute approximate surface area is 100 Å². The summed E-state index contributed by atoms with van der Waals surface area (Å²) in [5.74, 6) is 0. The predicted octanol–water partition coefficient (Wildman–Crippen LogP) is 1.31. The lowest BCUT2D eigenvalue weighted by molar-refractivity contribution is 0.246. The number of nitrogens with one attached hydrogen (secondary N) is 1. The van der Waals surface area contributed by atoms with E-state index in [0.717, 1.165) is 11.3 Å². The van der Waals surface area contributed by atoms with Crippen molar-refractivity contribution < 1.29 is 13.5 Å². The number of aliphatic hydroxyl groups excluding tert-OH is 1. The van der Waals surface area contributed by atoms with Crippen LogP contribution in [0.15, 0.2) is 20.1 Å². The number of halogens is 1. The Balaban J connectivity index is 2.25. The lowest BCUT2D eigenvalue weighted by Crippen LogP contribution is -2.39. The van der Waals surface area contributed by atoms with Gasteiger partial charge in [0.05, 0.1) is 12.1 Å². The second-order valence-corrected chi connectivity index (χ2v) is 7.25. The summed E-state index contributed by atoms with van der Waals surface area (Å²) in [6.45, 7) is -0.144. The molecular formula is C8H10BrNO3S2. The second kappa shape index (κ2) is 3.81. The van der Waals surface area contributed by atoms with Gasteiger partial charge in [-0.15, -0.1) is 11.3 Å². The summed E-state index contributed by atoms with van der Waals surface area (Å²) in [7, 11) is -3.49. The molecule has 0 unspecified atom stereocenters. The Bertz CT molecular complexity index is 464. The first-order valence-electron chi connectivity index (χ1n) is 4.37. The van der Waals surface area contributed by atoms with Gasteiger partial charge in [0.2, 0.25) is 0 Å². The highest BCUT2D eigenvalue weighted by molar-refractivity contribution is 9.10. The second-order valence-electron chi connectivity index (χ2n) is 3.60. The van der Waals surface area contributed by atoms with Crippen LogP contribution in [0.1, 0.15) is 12.8 Å². The number of rotatable bonds is 4. The van der Waals surface area contributed by atoms with Crippen LogP contribution < -0.4 is 4.72 Å². The van der Waals surface area contributed by atoms with Gasteiger partial charge in [-0.05, 0) is 40.2 Å². The van der Waals surface area contributed by atoms with Crippen LogP contribution in [-0.2, 0) is 10.0 Å². The third kappa shape index (κ3) is 2.26. The lowest BCUT2D eigenvalue weighted by Gasteiger charge is -2.13. The smallest absolute Gasteiger partial charge is 0.251 e. The molecular weight excluding hydrogens is 302 g/mol. The molecule has 1 aromatic heterocycles. The van der Waals surface area contributed by atoms with Crippen LogP contribution in [0.5, 0.6) is 0 Å². The van der Waals surface area contributed by atoms with Gasteiger partial charge in [0.15, 0.2) is 0 Å². The fourth-order valence-corrected chi connectivity index (χ4v) is 5.04. The Morgan fingerprint density at radius 3 is 2.67 bits per heavy atom. The molecule has 1 aliphatic rings. The van der Waals surface area contributed by atoms with Gasteiger partial charge >= 0.3 is 0 Å². The quantitative estimate of drug-likeness (QED) is 0.881. The van der Waals surface area contributed by atoms with Gasteiger partial charge in [0.25, 0.3) is 10.0 Å². The van der Waals surface area contributed by atoms with Crippen molar-refractivity contribution in [2.45, 2.75) is 22.6 Å². The van der Waals surface area contributed by atoms with Gasteiger partial charge in [0, 0.05) is 4.47 Å². The zero-order chi connectivity index (χ0) is 11.1. The zero-order valence-electron chi connectivity index (χ0n) is 7.73. The SMILES string of the molecule is O=S(=O)(NC1(CO)CC1)c1sccc1Br. The molecule has 0 radical (unpaired) electrons. The van der Waals surface area contributed by atoms with Crippen molar-refractivity contribution in [3.63, 3.8) is 0 Å². The molecule has 0 amide bonds. The van der Waals surface area contributed by atoms with Crippen molar-refractivity contribution in [3.8, 4) is 0 Å². The zero-order valence-corrected chi connectivity index (χ0v) is 11.0. The molecule has 4 nitrogen and oxygen atoms in total. The number of thiophene rings is 1. The molecule has 84 valence electrons. The normalized spacial score (nSPS) is 19.1. The van der Waals surface area contributed by atoms with Crippen molar-refractivity contribution in [1.82, 2.24) is 4.72 Å². The van der Waals surface area contributed by atoms with E-state index < -0.39 is 15.6 Å². The van der Waals surface area contributed by atoms with Crippen molar-refractivity contribution in [3.05, 3.63) is 15.9 Å². The van der Waals surface area contributed by atoms with E-state index in [1.165, 1.54) is 0 Å². The number of sulfonamides is 1. The van der Waals surface area contributed by atoms with E-state index in [1.54, 1.807) is 11.4 Å². The third-order valence-electron chi connectivity index (χ3n) is 2.34. The van der Waals surface area contributed by atoms with Crippen LogP contribution in [0, 0.1) is 0 Å². The molecule has 1 heterocycles. The Hall–Kier alpha value is 0.0500. The molecule has 0 bridgehead atoms. The summed E-state index contributed by atoms with van der Waals surface area (Å²) < 4.78 is 27.1. The van der Waals surface area contributed by atoms with Crippen LogP contribution >= 0.6 is 27.3 Å². The van der Waals surface area contributed by atoms with Crippen LogP contribution in [0.25, 0.3) is 0 Å². The Morgan fingerprint density at radius 2 is 2.27 bits per heavy atom. The highest BCUT2D eigenvalue weighted by Gasteiger charge is 2.46. The van der Waals surface area contributed by atoms with Crippen molar-refractivity contribution in [2.75, 3.05) is 6.61 Å². The Morgan fingerprint density at radius 1 is 1.60 bits per heavy atom. The standard InChI is InChI=1S/C8H10BrNO3S2/c9-6-1-4-14-7(6)15(12,13)10-8(5-11)2-3-8/h1,4,10-11H,2-3,5H2. The lowest BCUT2D eigenvalue weighted by atomic mass is 10.3. The van der Waals surface area contributed by atoms with E-state index in [-0.39, 0.29) is 10.8 Å². The van der Waals surface area contributed by atoms with Crippen LogP contribution in [-0.4, -0.2) is 25.7 Å². The summed E-state index contributed by atoms with van der Waals surface area (Å²) >= 11 is 4.34. The van der Waals surface area contributed by atoms with E-state index in [1.807, 2.05) is 0 Å². The van der Waals surface area contributed by atoms with Crippen molar-refractivity contribution in [1.29, 1.82) is 0 Å². The molecule has 0 saturated heterocycles. The molecule has 1 aromatic rings. The van der Waals surface area contributed by atoms with E-state index in [2.05, 4.69) is 20.7 Å². The molecule has 15 heavy (non-hydrogen) atoms. The first-order chi connectivity index (χ1) is 6.99. The average Bonchev–Trinajstić information content (AvgIpc) is 2.78. The van der Waals surface area contributed by atoms with E-state index in [0.29, 0.717) is 17.3 Å². The fraction of sp³-hybridized carbons (Fsp3) is 0.500. The van der Waals surface area contributed by atoms with E-state index in [9.17, 15) is 8.42 Å². The first-order valence-corrected chi connectivity index (χ1v) is 7.53. The van der Waals surface area contributed by atoms with Crippen LogP contribution in [0.2, 0.25) is 0 Å². The number of aliphatic hydroxyl groups is 1. The van der Waals surface area contributed by atoms with Crippen molar-refractivity contribution in [2.24, 2.45) is 0 Å². The van der Waals surface area contributed by atoms with Crippen LogP contribution in [0.4, 0.5) is 0 Å². The Kier molecular flexibility index (Phi) is 2.93. The molecule has 0 spiro atoms. The topological polar surface area (TPSA) is 66.4 Å². The third-order valence-corrected chi connectivity index (χ3v) is 6.58. The maximum Gasteiger partial charge on any atom is 0.251 e. The molecule has 0 aliphatic heterocycles. The molecule has 0 aromatic carbocycles. The van der Waals surface area contributed by atoms with Gasteiger partial charge < -0.3 is 5.11 Å². The first kappa shape index (κ1) is 11.5. The monoisotopic (exact) mass is 311 g/mol. The highest BCUT2D eigenvalue weighted by atomic mass is 79.9. The predicted molar refractivity (Wildman–Crippen MR) is 61.4 cm³/mol. The van der Waals surface area contributed by atoms with Crippen LogP contribution in [0.3, 0.4) is 0 Å². The molecule has 1 fully saturated rings. The summed E-state index contributed by atoms with van der Waals surface area (Å²) in [6.07, 6.45) is 1.40. The molecule has 2 N–H and O–H groups in total.